The maximum atomic E-state index is 12.6. The summed E-state index contributed by atoms with van der Waals surface area (Å²) in [5, 5.41) is 12.4. The van der Waals surface area contributed by atoms with E-state index in [-0.39, 0.29) is 0 Å². The minimum Gasteiger partial charge on any atom is -0.495 e. The van der Waals surface area contributed by atoms with Gasteiger partial charge in [0.25, 0.3) is 0 Å². The van der Waals surface area contributed by atoms with Gasteiger partial charge in [0.15, 0.2) is 0 Å². The number of carboxylic acid groups (broad SMARTS) is 1. The lowest BCUT2D eigenvalue weighted by molar-refractivity contribution is -0.145. The molecule has 2 bridgehead atoms. The van der Waals surface area contributed by atoms with Crippen LogP contribution in [-0.2, 0) is 14.3 Å². The largest absolute Gasteiger partial charge is 0.495 e. The summed E-state index contributed by atoms with van der Waals surface area (Å²) in [5.41, 5.74) is 0.337. The monoisotopic (exact) mass is 353 g/mol. The molecule has 2 aliphatic rings. The zero-order valence-corrected chi connectivity index (χ0v) is 13.7. The molecule has 2 N–H and O–H groups in total. The van der Waals surface area contributed by atoms with Gasteiger partial charge in [0.05, 0.1) is 43.1 Å². The molecule has 24 heavy (non-hydrogen) atoms. The molecule has 1 aromatic carbocycles. The van der Waals surface area contributed by atoms with Crippen molar-refractivity contribution in [3.63, 3.8) is 0 Å². The van der Waals surface area contributed by atoms with Gasteiger partial charge in [-0.05, 0) is 6.07 Å². The predicted octanol–water partition coefficient (Wildman–Crippen LogP) is 1.95. The van der Waals surface area contributed by atoms with Crippen LogP contribution in [0, 0.1) is 11.8 Å². The number of methoxy groups -OCH3 is 2. The molecule has 2 heterocycles. The zero-order chi connectivity index (χ0) is 17.4. The molecule has 0 aliphatic carbocycles. The number of nitrogens with one attached hydrogen (secondary N) is 1. The van der Waals surface area contributed by atoms with E-state index in [0.29, 0.717) is 22.2 Å². The Balaban J connectivity index is 1.86. The van der Waals surface area contributed by atoms with Gasteiger partial charge in [-0.2, -0.15) is 0 Å². The second-order valence-electron chi connectivity index (χ2n) is 5.52. The second kappa shape index (κ2) is 6.33. The normalized spacial score (nSPS) is 27.1. The third kappa shape index (κ3) is 2.70. The maximum absolute atomic E-state index is 12.6. The number of carbonyl (C=O) groups is 2. The molecule has 0 saturated carbocycles. The van der Waals surface area contributed by atoms with Crippen molar-refractivity contribution in [1.29, 1.82) is 0 Å². The summed E-state index contributed by atoms with van der Waals surface area (Å²) in [6.45, 7) is 0. The van der Waals surface area contributed by atoms with Crippen LogP contribution >= 0.6 is 11.6 Å². The number of ether oxygens (including phenoxy) is 3. The van der Waals surface area contributed by atoms with E-state index in [4.69, 9.17) is 25.8 Å². The number of aliphatic carboxylic acids is 1. The van der Waals surface area contributed by atoms with Crippen LogP contribution in [-0.4, -0.2) is 43.4 Å². The Labute approximate surface area is 143 Å². The lowest BCUT2D eigenvalue weighted by Crippen LogP contribution is -2.39. The van der Waals surface area contributed by atoms with Crippen LogP contribution in [0.25, 0.3) is 0 Å². The lowest BCUT2D eigenvalue weighted by Gasteiger charge is -2.22. The number of carboxylic acids is 1. The van der Waals surface area contributed by atoms with Crippen molar-refractivity contribution in [2.24, 2.45) is 11.8 Å². The number of anilines is 1. The summed E-state index contributed by atoms with van der Waals surface area (Å²) < 4.78 is 15.8. The lowest BCUT2D eigenvalue weighted by atomic mass is 9.82. The van der Waals surface area contributed by atoms with Crippen LogP contribution in [0.4, 0.5) is 5.69 Å². The molecule has 1 amide bonds. The molecule has 3 rings (SSSR count). The standard InChI is InChI=1S/C16H16ClNO6/c1-22-11-6-12(23-2)8(5-7(11)17)18-15(19)13-9-3-4-10(24-9)14(13)16(20)21/h3-6,9-10,13-14H,1-2H3,(H,18,19)(H,20,21)/t9-,10-,13+,14-/m0/s1. The average Bonchev–Trinajstić information content (AvgIpc) is 3.16. The molecule has 1 aromatic rings. The summed E-state index contributed by atoms with van der Waals surface area (Å²) in [4.78, 5) is 24.1. The summed E-state index contributed by atoms with van der Waals surface area (Å²) >= 11 is 6.08. The highest BCUT2D eigenvalue weighted by molar-refractivity contribution is 6.32. The first kappa shape index (κ1) is 16.6. The fourth-order valence-corrected chi connectivity index (χ4v) is 3.33. The zero-order valence-electron chi connectivity index (χ0n) is 13.0. The van der Waals surface area contributed by atoms with E-state index in [1.165, 1.54) is 20.3 Å². The van der Waals surface area contributed by atoms with E-state index >= 15 is 0 Å². The van der Waals surface area contributed by atoms with Gasteiger partial charge in [-0.1, -0.05) is 23.8 Å². The van der Waals surface area contributed by atoms with Crippen molar-refractivity contribution in [1.82, 2.24) is 0 Å². The van der Waals surface area contributed by atoms with Crippen LogP contribution < -0.4 is 14.8 Å². The number of amides is 1. The van der Waals surface area contributed by atoms with Crippen LogP contribution in [0.3, 0.4) is 0 Å². The molecule has 8 heteroatoms. The van der Waals surface area contributed by atoms with Crippen LogP contribution in [0.1, 0.15) is 0 Å². The Hall–Kier alpha value is -2.25. The summed E-state index contributed by atoms with van der Waals surface area (Å²) in [5.74, 6) is -2.49. The Bertz CT molecular complexity index is 719. The topological polar surface area (TPSA) is 94.1 Å². The van der Waals surface area contributed by atoms with E-state index in [2.05, 4.69) is 5.32 Å². The molecule has 1 fully saturated rings. The average molecular weight is 354 g/mol. The van der Waals surface area contributed by atoms with Gasteiger partial charge < -0.3 is 24.6 Å². The van der Waals surface area contributed by atoms with Crippen molar-refractivity contribution >= 4 is 29.2 Å². The van der Waals surface area contributed by atoms with Gasteiger partial charge >= 0.3 is 5.97 Å². The highest BCUT2D eigenvalue weighted by Crippen LogP contribution is 2.41. The molecule has 0 aromatic heterocycles. The molecule has 2 aliphatic heterocycles. The first-order chi connectivity index (χ1) is 11.5. The van der Waals surface area contributed by atoms with Crippen molar-refractivity contribution < 1.29 is 28.9 Å². The number of hydrogen-bond acceptors (Lipinski definition) is 5. The predicted molar refractivity (Wildman–Crippen MR) is 85.6 cm³/mol. The molecule has 4 atom stereocenters. The van der Waals surface area contributed by atoms with Crippen LogP contribution in [0.2, 0.25) is 5.02 Å². The molecule has 128 valence electrons. The minimum absolute atomic E-state index is 0.299. The summed E-state index contributed by atoms with van der Waals surface area (Å²) in [7, 11) is 2.91. The molecule has 1 saturated heterocycles. The van der Waals surface area contributed by atoms with Gasteiger partial charge in [-0.3, -0.25) is 9.59 Å². The first-order valence-electron chi connectivity index (χ1n) is 7.25. The van der Waals surface area contributed by atoms with Crippen molar-refractivity contribution in [3.8, 4) is 11.5 Å². The number of fused-ring (bicyclic) bond motifs is 2. The second-order valence-corrected chi connectivity index (χ2v) is 5.92. The number of rotatable bonds is 5. The SMILES string of the molecule is COc1cc(OC)c(NC(=O)[C@H]2[C@@H](C(=O)O)[C@@H]3C=C[C@@H]2O3)cc1Cl. The van der Waals surface area contributed by atoms with Crippen LogP contribution in [0.15, 0.2) is 24.3 Å². The number of benzene rings is 1. The van der Waals surface area contributed by atoms with E-state index in [1.54, 1.807) is 18.2 Å². The molecule has 0 radical (unpaired) electrons. The Morgan fingerprint density at radius 3 is 2.33 bits per heavy atom. The molecule has 7 nitrogen and oxygen atoms in total. The Kier molecular flexibility index (Phi) is 4.38. The highest BCUT2D eigenvalue weighted by Gasteiger charge is 2.53. The summed E-state index contributed by atoms with van der Waals surface area (Å²) in [6.07, 6.45) is 2.27. The molecule has 0 spiro atoms. The number of hydrogen-bond donors (Lipinski definition) is 2. The highest BCUT2D eigenvalue weighted by atomic mass is 35.5. The third-order valence-electron chi connectivity index (χ3n) is 4.22. The third-order valence-corrected chi connectivity index (χ3v) is 4.51. The summed E-state index contributed by atoms with van der Waals surface area (Å²) in [6, 6.07) is 3.04. The first-order valence-corrected chi connectivity index (χ1v) is 7.63. The van der Waals surface area contributed by atoms with Gasteiger partial charge in [-0.15, -0.1) is 0 Å². The molecule has 0 unspecified atom stereocenters. The Morgan fingerprint density at radius 1 is 1.12 bits per heavy atom. The van der Waals surface area contributed by atoms with Gasteiger partial charge in [0.2, 0.25) is 5.91 Å². The fourth-order valence-electron chi connectivity index (χ4n) is 3.09. The Morgan fingerprint density at radius 2 is 1.75 bits per heavy atom. The maximum Gasteiger partial charge on any atom is 0.310 e. The van der Waals surface area contributed by atoms with E-state index in [9.17, 15) is 14.7 Å². The van der Waals surface area contributed by atoms with Crippen molar-refractivity contribution in [2.45, 2.75) is 12.2 Å². The number of halogens is 1. The molecular formula is C16H16ClNO6. The minimum atomic E-state index is -1.06. The van der Waals surface area contributed by atoms with Gasteiger partial charge in [0, 0.05) is 6.07 Å². The van der Waals surface area contributed by atoms with Gasteiger partial charge in [-0.25, -0.2) is 0 Å². The fraction of sp³-hybridized carbons (Fsp3) is 0.375. The van der Waals surface area contributed by atoms with E-state index in [0.717, 1.165) is 0 Å². The van der Waals surface area contributed by atoms with Gasteiger partial charge in [0.1, 0.15) is 17.4 Å². The molecular weight excluding hydrogens is 338 g/mol. The quantitative estimate of drug-likeness (QED) is 0.786. The van der Waals surface area contributed by atoms with Crippen LogP contribution in [0.5, 0.6) is 11.5 Å². The number of carbonyl (C=O) groups excluding carboxylic acids is 1. The smallest absolute Gasteiger partial charge is 0.310 e. The van der Waals surface area contributed by atoms with Crippen molar-refractivity contribution in [3.05, 3.63) is 29.3 Å². The van der Waals surface area contributed by atoms with Crippen molar-refractivity contribution in [2.75, 3.05) is 19.5 Å². The van der Waals surface area contributed by atoms with E-state index < -0.39 is 35.9 Å². The van der Waals surface area contributed by atoms with E-state index in [1.807, 2.05) is 0 Å².